The normalized spacial score (nSPS) is 12.1. The van der Waals surface area contributed by atoms with Gasteiger partial charge in [0.1, 0.15) is 5.82 Å². The van der Waals surface area contributed by atoms with Crippen molar-refractivity contribution in [3.05, 3.63) is 5.82 Å². The Kier molecular flexibility index (Phi) is 3.44. The second kappa shape index (κ2) is 4.23. The van der Waals surface area contributed by atoms with Gasteiger partial charge in [0.2, 0.25) is 5.13 Å². The molecule has 1 aromatic heterocycles. The smallest absolute Gasteiger partial charge is 0.202 e. The molecule has 1 rings (SSSR count). The quantitative estimate of drug-likeness (QED) is 0.826. The summed E-state index contributed by atoms with van der Waals surface area (Å²) in [6, 6.07) is 0. The summed E-state index contributed by atoms with van der Waals surface area (Å²) in [6.07, 6.45) is 0. The van der Waals surface area contributed by atoms with Crippen LogP contribution in [0.15, 0.2) is 0 Å². The number of anilines is 1. The highest BCUT2D eigenvalue weighted by Crippen LogP contribution is 2.14. The van der Waals surface area contributed by atoms with Crippen LogP contribution in [-0.4, -0.2) is 40.4 Å². The molecule has 0 unspecified atom stereocenters. The number of nitrogens with zero attached hydrogens (tertiary/aromatic N) is 3. The van der Waals surface area contributed by atoms with Crippen LogP contribution in [0.25, 0.3) is 0 Å². The lowest BCUT2D eigenvalue weighted by atomic mass is 10.1. The summed E-state index contributed by atoms with van der Waals surface area (Å²) in [4.78, 5) is 6.44. The minimum absolute atomic E-state index is 0.125. The Morgan fingerprint density at radius 2 is 2.07 bits per heavy atom. The molecular formula is C9H18N4S. The van der Waals surface area contributed by atoms with Gasteiger partial charge in [-0.1, -0.05) is 0 Å². The van der Waals surface area contributed by atoms with Crippen LogP contribution in [0.1, 0.15) is 19.7 Å². The van der Waals surface area contributed by atoms with Crippen molar-refractivity contribution in [1.29, 1.82) is 0 Å². The number of hydrogen-bond acceptors (Lipinski definition) is 5. The maximum Gasteiger partial charge on any atom is 0.202 e. The first-order chi connectivity index (χ1) is 6.42. The molecule has 4 nitrogen and oxygen atoms in total. The van der Waals surface area contributed by atoms with Crippen molar-refractivity contribution in [3.8, 4) is 0 Å². The molecule has 5 heteroatoms. The fourth-order valence-electron chi connectivity index (χ4n) is 0.819. The molecule has 1 N–H and O–H groups in total. The van der Waals surface area contributed by atoms with Crippen LogP contribution in [0, 0.1) is 6.92 Å². The van der Waals surface area contributed by atoms with E-state index in [0.717, 1.165) is 17.5 Å². The van der Waals surface area contributed by atoms with Crippen molar-refractivity contribution < 1.29 is 0 Å². The highest BCUT2D eigenvalue weighted by molar-refractivity contribution is 7.09. The summed E-state index contributed by atoms with van der Waals surface area (Å²) in [5.74, 6) is 0.833. The molecule has 1 heterocycles. The molecule has 0 spiro atoms. The van der Waals surface area contributed by atoms with Crippen molar-refractivity contribution in [3.63, 3.8) is 0 Å². The Morgan fingerprint density at radius 1 is 1.43 bits per heavy atom. The highest BCUT2D eigenvalue weighted by Gasteiger charge is 2.20. The molecule has 0 amide bonds. The van der Waals surface area contributed by atoms with E-state index >= 15 is 0 Å². The van der Waals surface area contributed by atoms with Crippen molar-refractivity contribution in [1.82, 2.24) is 14.3 Å². The molecule has 80 valence electrons. The summed E-state index contributed by atoms with van der Waals surface area (Å²) in [6.45, 7) is 7.15. The van der Waals surface area contributed by atoms with E-state index in [1.165, 1.54) is 11.5 Å². The van der Waals surface area contributed by atoms with Crippen molar-refractivity contribution in [2.24, 2.45) is 0 Å². The average Bonchev–Trinajstić information content (AvgIpc) is 2.48. The topological polar surface area (TPSA) is 41.1 Å². The van der Waals surface area contributed by atoms with E-state index in [1.807, 2.05) is 6.92 Å². The van der Waals surface area contributed by atoms with Crippen LogP contribution in [0.5, 0.6) is 0 Å². The molecule has 0 aliphatic carbocycles. The third kappa shape index (κ3) is 2.92. The monoisotopic (exact) mass is 214 g/mol. The van der Waals surface area contributed by atoms with E-state index in [-0.39, 0.29) is 5.54 Å². The fraction of sp³-hybridized carbons (Fsp3) is 0.778. The third-order valence-corrected chi connectivity index (χ3v) is 3.17. The van der Waals surface area contributed by atoms with E-state index in [1.54, 1.807) is 0 Å². The Hall–Kier alpha value is -0.680. The molecule has 0 bridgehead atoms. The van der Waals surface area contributed by atoms with E-state index in [2.05, 4.69) is 47.5 Å². The minimum Gasteiger partial charge on any atom is -0.358 e. The summed E-state index contributed by atoms with van der Waals surface area (Å²) in [7, 11) is 4.15. The Balaban J connectivity index is 2.48. The summed E-state index contributed by atoms with van der Waals surface area (Å²) >= 11 is 1.41. The summed E-state index contributed by atoms with van der Waals surface area (Å²) < 4.78 is 4.12. The van der Waals surface area contributed by atoms with Crippen LogP contribution < -0.4 is 5.32 Å². The third-order valence-electron chi connectivity index (χ3n) is 2.41. The van der Waals surface area contributed by atoms with Crippen molar-refractivity contribution >= 4 is 16.7 Å². The molecular weight excluding hydrogens is 196 g/mol. The average molecular weight is 214 g/mol. The zero-order chi connectivity index (χ0) is 10.8. The lowest BCUT2D eigenvalue weighted by Crippen LogP contribution is -2.44. The van der Waals surface area contributed by atoms with Gasteiger partial charge in [-0.3, -0.25) is 0 Å². The highest BCUT2D eigenvalue weighted by atomic mass is 32.1. The number of likely N-dealkylation sites (N-methyl/N-ethyl adjacent to an activating group) is 1. The lowest BCUT2D eigenvalue weighted by Gasteiger charge is -2.32. The second-order valence-corrected chi connectivity index (χ2v) is 4.96. The molecule has 0 aliphatic rings. The SMILES string of the molecule is Cc1nsc(NCC(C)(C)N(C)C)n1. The Morgan fingerprint density at radius 3 is 2.50 bits per heavy atom. The van der Waals surface area contributed by atoms with Crippen molar-refractivity contribution in [2.45, 2.75) is 26.3 Å². The lowest BCUT2D eigenvalue weighted by molar-refractivity contribution is 0.210. The number of hydrogen-bond donors (Lipinski definition) is 1. The Labute approximate surface area is 89.5 Å². The molecule has 1 aromatic rings. The number of nitrogens with one attached hydrogen (secondary N) is 1. The van der Waals surface area contributed by atoms with Gasteiger partial charge in [-0.05, 0) is 34.9 Å². The van der Waals surface area contributed by atoms with Gasteiger partial charge in [0.15, 0.2) is 0 Å². The standard InChI is InChI=1S/C9H18N4S/c1-7-11-8(14-12-7)10-6-9(2,3)13(4)5/h6H2,1-5H3,(H,10,11,12). The number of rotatable bonds is 4. The fourth-order valence-corrected chi connectivity index (χ4v) is 1.39. The molecule has 14 heavy (non-hydrogen) atoms. The van der Waals surface area contributed by atoms with Crippen LogP contribution in [0.3, 0.4) is 0 Å². The zero-order valence-corrected chi connectivity index (χ0v) is 10.3. The predicted octanol–water partition coefficient (Wildman–Crippen LogP) is 1.60. The van der Waals surface area contributed by atoms with E-state index in [0.29, 0.717) is 0 Å². The first-order valence-corrected chi connectivity index (χ1v) is 5.41. The minimum atomic E-state index is 0.125. The van der Waals surface area contributed by atoms with E-state index in [9.17, 15) is 0 Å². The second-order valence-electron chi connectivity index (χ2n) is 4.21. The van der Waals surface area contributed by atoms with Gasteiger partial charge in [-0.15, -0.1) is 0 Å². The maximum absolute atomic E-state index is 4.25. The van der Waals surface area contributed by atoms with E-state index in [4.69, 9.17) is 0 Å². The largest absolute Gasteiger partial charge is 0.358 e. The van der Waals surface area contributed by atoms with Crippen LogP contribution in [0.4, 0.5) is 5.13 Å². The number of aromatic nitrogens is 2. The first kappa shape index (κ1) is 11.4. The van der Waals surface area contributed by atoms with E-state index < -0.39 is 0 Å². The molecule has 0 saturated heterocycles. The predicted molar refractivity (Wildman–Crippen MR) is 60.9 cm³/mol. The van der Waals surface area contributed by atoms with Gasteiger partial charge in [0.25, 0.3) is 0 Å². The van der Waals surface area contributed by atoms with Gasteiger partial charge in [0, 0.05) is 23.6 Å². The van der Waals surface area contributed by atoms with Crippen LogP contribution >= 0.6 is 11.5 Å². The molecule has 0 atom stereocenters. The maximum atomic E-state index is 4.25. The van der Waals surface area contributed by atoms with Gasteiger partial charge < -0.3 is 10.2 Å². The van der Waals surface area contributed by atoms with Gasteiger partial charge >= 0.3 is 0 Å². The first-order valence-electron chi connectivity index (χ1n) is 4.63. The summed E-state index contributed by atoms with van der Waals surface area (Å²) in [5.41, 5.74) is 0.125. The zero-order valence-electron chi connectivity index (χ0n) is 9.46. The number of aryl methyl sites for hydroxylation is 1. The van der Waals surface area contributed by atoms with Gasteiger partial charge in [-0.25, -0.2) is 4.98 Å². The van der Waals surface area contributed by atoms with Crippen molar-refractivity contribution in [2.75, 3.05) is 26.0 Å². The molecule has 0 aliphatic heterocycles. The van der Waals surface area contributed by atoms with Crippen LogP contribution in [0.2, 0.25) is 0 Å². The molecule has 0 radical (unpaired) electrons. The summed E-state index contributed by atoms with van der Waals surface area (Å²) in [5, 5.41) is 4.19. The molecule has 0 fully saturated rings. The van der Waals surface area contributed by atoms with Gasteiger partial charge in [0.05, 0.1) is 0 Å². The molecule has 0 saturated carbocycles. The Bertz CT molecular complexity index is 293. The van der Waals surface area contributed by atoms with Gasteiger partial charge in [-0.2, -0.15) is 4.37 Å². The van der Waals surface area contributed by atoms with Crippen LogP contribution in [-0.2, 0) is 0 Å². The molecule has 0 aromatic carbocycles.